The zero-order valence-corrected chi connectivity index (χ0v) is 17.4. The molecule has 28 heavy (non-hydrogen) atoms. The molecule has 0 aliphatic carbocycles. The Bertz CT molecular complexity index is 640. The SMILES string of the molecule is C.CC(O)CCc1ccccc1.Cc1ccc(C)cc1.Cc1ccc(C)cc1. The van der Waals surface area contributed by atoms with Crippen molar-refractivity contribution in [3.63, 3.8) is 0 Å². The lowest BCUT2D eigenvalue weighted by Crippen LogP contribution is -2.00. The fourth-order valence-corrected chi connectivity index (χ4v) is 2.29. The van der Waals surface area contributed by atoms with Crippen LogP contribution in [0.3, 0.4) is 0 Å². The molecule has 1 N–H and O–H groups in total. The van der Waals surface area contributed by atoms with Crippen LogP contribution in [0.5, 0.6) is 0 Å². The summed E-state index contributed by atoms with van der Waals surface area (Å²) in [5.74, 6) is 0. The van der Waals surface area contributed by atoms with E-state index in [9.17, 15) is 0 Å². The van der Waals surface area contributed by atoms with E-state index < -0.39 is 0 Å². The largest absolute Gasteiger partial charge is 0.393 e. The van der Waals surface area contributed by atoms with Crippen LogP contribution in [0.1, 0.15) is 48.6 Å². The van der Waals surface area contributed by atoms with Gasteiger partial charge in [-0.2, -0.15) is 0 Å². The van der Waals surface area contributed by atoms with Crippen LogP contribution in [-0.2, 0) is 6.42 Å². The number of rotatable bonds is 3. The third kappa shape index (κ3) is 12.9. The molecule has 0 aliphatic heterocycles. The molecule has 0 bridgehead atoms. The van der Waals surface area contributed by atoms with Gasteiger partial charge in [0.1, 0.15) is 0 Å². The molecule has 3 aromatic rings. The molecule has 0 saturated carbocycles. The van der Waals surface area contributed by atoms with Crippen LogP contribution < -0.4 is 0 Å². The Morgan fingerprint density at radius 3 is 1.21 bits per heavy atom. The summed E-state index contributed by atoms with van der Waals surface area (Å²) < 4.78 is 0. The van der Waals surface area contributed by atoms with Gasteiger partial charge in [-0.3, -0.25) is 0 Å². The quantitative estimate of drug-likeness (QED) is 0.509. The number of aliphatic hydroxyl groups is 1. The van der Waals surface area contributed by atoms with E-state index in [1.165, 1.54) is 27.8 Å². The fraction of sp³-hybridized carbons (Fsp3) is 0.333. The van der Waals surface area contributed by atoms with Gasteiger partial charge in [0.05, 0.1) is 6.10 Å². The number of aliphatic hydroxyl groups excluding tert-OH is 1. The highest BCUT2D eigenvalue weighted by Gasteiger charge is 1.95. The summed E-state index contributed by atoms with van der Waals surface area (Å²) in [6.45, 7) is 10.2. The van der Waals surface area contributed by atoms with Crippen molar-refractivity contribution in [2.75, 3.05) is 0 Å². The molecule has 0 saturated heterocycles. The van der Waals surface area contributed by atoms with E-state index in [0.717, 1.165) is 12.8 Å². The monoisotopic (exact) mass is 378 g/mol. The Morgan fingerprint density at radius 2 is 0.929 bits per heavy atom. The van der Waals surface area contributed by atoms with Crippen LogP contribution in [0.2, 0.25) is 0 Å². The lowest BCUT2D eigenvalue weighted by atomic mass is 10.1. The van der Waals surface area contributed by atoms with Gasteiger partial charge in [-0.15, -0.1) is 0 Å². The van der Waals surface area contributed by atoms with Crippen molar-refractivity contribution in [3.8, 4) is 0 Å². The summed E-state index contributed by atoms with van der Waals surface area (Å²) in [6.07, 6.45) is 1.64. The minimum atomic E-state index is -0.185. The molecule has 1 atom stereocenters. The van der Waals surface area contributed by atoms with Crippen LogP contribution in [0, 0.1) is 27.7 Å². The topological polar surface area (TPSA) is 20.2 Å². The van der Waals surface area contributed by atoms with E-state index in [-0.39, 0.29) is 13.5 Å². The highest BCUT2D eigenvalue weighted by molar-refractivity contribution is 5.20. The third-order valence-corrected chi connectivity index (χ3v) is 4.13. The van der Waals surface area contributed by atoms with E-state index in [0.29, 0.717) is 0 Å². The van der Waals surface area contributed by atoms with Crippen molar-refractivity contribution in [1.82, 2.24) is 0 Å². The molecule has 0 aliphatic rings. The Morgan fingerprint density at radius 1 is 0.607 bits per heavy atom. The Kier molecular flexibility index (Phi) is 13.4. The minimum absolute atomic E-state index is 0. The van der Waals surface area contributed by atoms with Gasteiger partial charge in [-0.25, -0.2) is 0 Å². The van der Waals surface area contributed by atoms with E-state index in [4.69, 9.17) is 5.11 Å². The van der Waals surface area contributed by atoms with Crippen LogP contribution >= 0.6 is 0 Å². The lowest BCUT2D eigenvalue weighted by Gasteiger charge is -2.02. The molecule has 0 spiro atoms. The van der Waals surface area contributed by atoms with Crippen molar-refractivity contribution in [2.45, 2.75) is 61.0 Å². The van der Waals surface area contributed by atoms with Crippen molar-refractivity contribution >= 4 is 0 Å². The summed E-state index contributed by atoms with van der Waals surface area (Å²) in [4.78, 5) is 0. The highest BCUT2D eigenvalue weighted by atomic mass is 16.3. The maximum atomic E-state index is 9.01. The normalized spacial score (nSPS) is 10.4. The van der Waals surface area contributed by atoms with Gasteiger partial charge >= 0.3 is 0 Å². The van der Waals surface area contributed by atoms with Crippen molar-refractivity contribution in [2.24, 2.45) is 0 Å². The van der Waals surface area contributed by atoms with Gasteiger partial charge in [-0.1, -0.05) is 109 Å². The van der Waals surface area contributed by atoms with E-state index in [2.05, 4.69) is 88.4 Å². The maximum absolute atomic E-state index is 9.01. The molecule has 1 heteroatoms. The number of aryl methyl sites for hydroxylation is 5. The predicted octanol–water partition coefficient (Wildman–Crippen LogP) is 7.24. The minimum Gasteiger partial charge on any atom is -0.393 e. The predicted molar refractivity (Wildman–Crippen MR) is 125 cm³/mol. The van der Waals surface area contributed by atoms with Gasteiger partial charge in [0.15, 0.2) is 0 Å². The summed E-state index contributed by atoms with van der Waals surface area (Å²) in [6, 6.07) is 27.2. The Labute approximate surface area is 173 Å². The lowest BCUT2D eigenvalue weighted by molar-refractivity contribution is 0.185. The van der Waals surface area contributed by atoms with E-state index in [1.807, 2.05) is 25.1 Å². The van der Waals surface area contributed by atoms with Gasteiger partial charge in [-0.05, 0) is 53.0 Å². The number of hydrogen-bond acceptors (Lipinski definition) is 1. The zero-order valence-electron chi connectivity index (χ0n) is 17.4. The fourth-order valence-electron chi connectivity index (χ4n) is 2.29. The Hall–Kier alpha value is -2.38. The second kappa shape index (κ2) is 14.6. The average molecular weight is 379 g/mol. The van der Waals surface area contributed by atoms with Gasteiger partial charge in [0.25, 0.3) is 0 Å². The molecule has 3 rings (SSSR count). The van der Waals surface area contributed by atoms with Crippen molar-refractivity contribution < 1.29 is 5.11 Å². The molecule has 0 amide bonds. The second-order valence-corrected chi connectivity index (χ2v) is 7.18. The third-order valence-electron chi connectivity index (χ3n) is 4.13. The van der Waals surface area contributed by atoms with E-state index >= 15 is 0 Å². The standard InChI is InChI=1S/C10H14O.2C8H10.CH4/c1-9(11)7-8-10-5-3-2-4-6-10;2*1-7-3-5-8(2)6-4-7;/h2-6,9,11H,7-8H2,1H3;2*3-6H,1-2H3;1H4. The number of benzene rings is 3. The van der Waals surface area contributed by atoms with Crippen LogP contribution in [-0.4, -0.2) is 11.2 Å². The average Bonchev–Trinajstić information content (AvgIpc) is 2.67. The first-order valence-corrected chi connectivity index (χ1v) is 9.65. The first-order chi connectivity index (χ1) is 12.9. The summed E-state index contributed by atoms with van der Waals surface area (Å²) in [7, 11) is 0. The molecule has 1 nitrogen and oxygen atoms in total. The smallest absolute Gasteiger partial charge is 0.0515 e. The first kappa shape index (κ1) is 25.6. The summed E-state index contributed by atoms with van der Waals surface area (Å²) in [5, 5.41) is 9.01. The molecule has 0 fully saturated rings. The molecule has 0 aromatic heterocycles. The molecule has 3 aromatic carbocycles. The van der Waals surface area contributed by atoms with Crippen LogP contribution in [0.15, 0.2) is 78.9 Å². The van der Waals surface area contributed by atoms with E-state index in [1.54, 1.807) is 0 Å². The molecule has 152 valence electrons. The molecular weight excluding hydrogens is 340 g/mol. The van der Waals surface area contributed by atoms with Crippen LogP contribution in [0.4, 0.5) is 0 Å². The first-order valence-electron chi connectivity index (χ1n) is 9.65. The summed E-state index contributed by atoms with van der Waals surface area (Å²) in [5.41, 5.74) is 6.62. The van der Waals surface area contributed by atoms with Gasteiger partial charge in [0.2, 0.25) is 0 Å². The maximum Gasteiger partial charge on any atom is 0.0515 e. The highest BCUT2D eigenvalue weighted by Crippen LogP contribution is 2.04. The van der Waals surface area contributed by atoms with Crippen molar-refractivity contribution in [1.29, 1.82) is 0 Å². The second-order valence-electron chi connectivity index (χ2n) is 7.18. The molecule has 1 unspecified atom stereocenters. The molecule has 0 heterocycles. The zero-order chi connectivity index (χ0) is 20.1. The van der Waals surface area contributed by atoms with Gasteiger partial charge in [0, 0.05) is 0 Å². The van der Waals surface area contributed by atoms with Crippen molar-refractivity contribution in [3.05, 3.63) is 107 Å². The molecular formula is C27H38O. The van der Waals surface area contributed by atoms with Gasteiger partial charge < -0.3 is 5.11 Å². The summed E-state index contributed by atoms with van der Waals surface area (Å²) >= 11 is 0. The molecule has 0 radical (unpaired) electrons. The number of hydrogen-bond donors (Lipinski definition) is 1. The van der Waals surface area contributed by atoms with Crippen LogP contribution in [0.25, 0.3) is 0 Å². The Balaban J connectivity index is 0.000000391.